The summed E-state index contributed by atoms with van der Waals surface area (Å²) in [7, 11) is 1.25. The number of hydrogen-bond donors (Lipinski definition) is 4. The van der Waals surface area contributed by atoms with Crippen molar-refractivity contribution in [2.75, 3.05) is 11.8 Å². The Labute approximate surface area is 230 Å². The van der Waals surface area contributed by atoms with Crippen LogP contribution in [-0.4, -0.2) is 38.9 Å². The first-order chi connectivity index (χ1) is 18.4. The summed E-state index contributed by atoms with van der Waals surface area (Å²) in [6.07, 6.45) is -0.00127. The molecule has 4 rings (SSSR count). The number of ether oxygens (including phenoxy) is 1. The Morgan fingerprint density at radius 3 is 2.37 bits per heavy atom. The highest BCUT2D eigenvalue weighted by Crippen LogP contribution is 2.31. The molecule has 3 atom stereocenters. The van der Waals surface area contributed by atoms with Crippen LogP contribution in [0.25, 0.3) is 9.88 Å². The number of nitrogens with zero attached hydrogens (tertiary/aromatic N) is 1. The number of methoxy groups -OCH3 is 1. The molecule has 0 bridgehead atoms. The minimum atomic E-state index is -2.17. The Morgan fingerprint density at radius 2 is 1.71 bits per heavy atom. The molecule has 2 aromatic heterocycles. The van der Waals surface area contributed by atoms with Gasteiger partial charge in [-0.15, -0.1) is 22.7 Å². The van der Waals surface area contributed by atoms with Crippen molar-refractivity contribution < 1.29 is 23.1 Å². The summed E-state index contributed by atoms with van der Waals surface area (Å²) in [6, 6.07) is 19.0. The minimum absolute atomic E-state index is 0.282. The fourth-order valence-corrected chi connectivity index (χ4v) is 5.79. The first-order valence-corrected chi connectivity index (χ1v) is 14.4. The van der Waals surface area contributed by atoms with Gasteiger partial charge in [0, 0.05) is 17.5 Å². The first-order valence-electron chi connectivity index (χ1n) is 11.6. The van der Waals surface area contributed by atoms with Crippen LogP contribution < -0.4 is 15.4 Å². The van der Waals surface area contributed by atoms with E-state index in [0.717, 1.165) is 21.0 Å². The van der Waals surface area contributed by atoms with Crippen molar-refractivity contribution in [3.8, 4) is 9.88 Å². The molecule has 2 amide bonds. The van der Waals surface area contributed by atoms with Crippen molar-refractivity contribution in [2.45, 2.75) is 24.9 Å². The fourth-order valence-electron chi connectivity index (χ4n) is 3.77. The van der Waals surface area contributed by atoms with Crippen molar-refractivity contribution in [1.82, 2.24) is 15.6 Å². The summed E-state index contributed by atoms with van der Waals surface area (Å²) in [5, 5.41) is 10.5. The molecule has 0 fully saturated rings. The average molecular weight is 571 g/mol. The van der Waals surface area contributed by atoms with Gasteiger partial charge in [-0.3, -0.25) is 14.1 Å². The number of amides is 2. The van der Waals surface area contributed by atoms with Gasteiger partial charge in [-0.2, -0.15) is 0 Å². The molecule has 4 N–H and O–H groups in total. The van der Waals surface area contributed by atoms with Crippen LogP contribution >= 0.6 is 22.7 Å². The highest BCUT2D eigenvalue weighted by Gasteiger charge is 2.26. The molecule has 9 nitrogen and oxygen atoms in total. The maximum absolute atomic E-state index is 13.5. The molecule has 0 radical (unpaired) electrons. The molecule has 0 aliphatic rings. The molecule has 0 spiro atoms. The second-order valence-corrected chi connectivity index (χ2v) is 10.8. The Kier molecular flexibility index (Phi) is 9.60. The monoisotopic (exact) mass is 570 g/mol. The van der Waals surface area contributed by atoms with E-state index < -0.39 is 29.4 Å². The second kappa shape index (κ2) is 13.3. The smallest absolute Gasteiger partial charge is 0.407 e. The number of carbonyl (C=O) groups excluding carboxylic acids is 2. The standard InChI is InChI=1S/C26H26N4O5S3/c1-35-26(32)29-21(15-17-6-3-2-4-7-17)24(31)27-20(14-18-9-11-19(12-10-18)30-38(33)34)22-16-37-25(28-22)23-8-5-13-36-23/h2-13,16,20-21,30H,14-15H2,1H3,(H,27,31)(H,29,32)(H,33,34)/t20?,21-/m1/s1. The molecule has 0 saturated heterocycles. The van der Waals surface area contributed by atoms with Gasteiger partial charge < -0.3 is 15.4 Å². The molecular formula is C26H26N4O5S3. The third-order valence-corrected chi connectivity index (χ3v) is 7.91. The highest BCUT2D eigenvalue weighted by atomic mass is 32.2. The zero-order valence-electron chi connectivity index (χ0n) is 20.3. The van der Waals surface area contributed by atoms with Gasteiger partial charge in [-0.25, -0.2) is 14.0 Å². The molecule has 4 aromatic rings. The lowest BCUT2D eigenvalue weighted by atomic mass is 10.0. The van der Waals surface area contributed by atoms with Gasteiger partial charge in [-0.1, -0.05) is 48.5 Å². The van der Waals surface area contributed by atoms with E-state index in [1.807, 2.05) is 65.4 Å². The summed E-state index contributed by atoms with van der Waals surface area (Å²) < 4.78 is 27.3. The lowest BCUT2D eigenvalue weighted by Gasteiger charge is -2.23. The highest BCUT2D eigenvalue weighted by molar-refractivity contribution is 7.80. The third-order valence-electron chi connectivity index (χ3n) is 5.60. The van der Waals surface area contributed by atoms with Crippen LogP contribution in [0.15, 0.2) is 77.5 Å². The van der Waals surface area contributed by atoms with E-state index in [0.29, 0.717) is 17.8 Å². The number of anilines is 1. The first kappa shape index (κ1) is 27.5. The average Bonchev–Trinajstić information content (AvgIpc) is 3.62. The van der Waals surface area contributed by atoms with Crippen molar-refractivity contribution >= 4 is 51.6 Å². The molecule has 38 heavy (non-hydrogen) atoms. The number of alkyl carbamates (subject to hydrolysis) is 1. The van der Waals surface area contributed by atoms with Crippen LogP contribution in [0.3, 0.4) is 0 Å². The number of rotatable bonds is 11. The van der Waals surface area contributed by atoms with Gasteiger partial charge in [0.15, 0.2) is 0 Å². The summed E-state index contributed by atoms with van der Waals surface area (Å²) in [5.41, 5.74) is 2.96. The topological polar surface area (TPSA) is 130 Å². The fraction of sp³-hybridized carbons (Fsp3) is 0.192. The Morgan fingerprint density at radius 1 is 0.974 bits per heavy atom. The number of hydrogen-bond acceptors (Lipinski definition) is 7. The van der Waals surface area contributed by atoms with E-state index in [1.165, 1.54) is 18.4 Å². The van der Waals surface area contributed by atoms with Crippen LogP contribution in [0.2, 0.25) is 0 Å². The van der Waals surface area contributed by atoms with Crippen LogP contribution in [0, 0.1) is 0 Å². The van der Waals surface area contributed by atoms with Crippen molar-refractivity contribution in [3.05, 3.63) is 94.3 Å². The van der Waals surface area contributed by atoms with Crippen LogP contribution in [0.5, 0.6) is 0 Å². The van der Waals surface area contributed by atoms with E-state index in [4.69, 9.17) is 14.3 Å². The zero-order valence-corrected chi connectivity index (χ0v) is 22.8. The number of carbonyl (C=O) groups is 2. The van der Waals surface area contributed by atoms with Crippen LogP contribution in [0.4, 0.5) is 10.5 Å². The molecular weight excluding hydrogens is 545 g/mol. The van der Waals surface area contributed by atoms with E-state index in [2.05, 4.69) is 15.4 Å². The lowest BCUT2D eigenvalue weighted by Crippen LogP contribution is -2.49. The van der Waals surface area contributed by atoms with E-state index >= 15 is 0 Å². The number of nitrogens with one attached hydrogen (secondary N) is 3. The number of benzene rings is 2. The third kappa shape index (κ3) is 7.71. The molecule has 0 aliphatic heterocycles. The van der Waals surface area contributed by atoms with Crippen molar-refractivity contribution in [3.63, 3.8) is 0 Å². The summed E-state index contributed by atoms with van der Waals surface area (Å²) in [6.45, 7) is 0. The maximum Gasteiger partial charge on any atom is 0.407 e. The van der Waals surface area contributed by atoms with E-state index in [9.17, 15) is 13.8 Å². The van der Waals surface area contributed by atoms with Gasteiger partial charge in [0.05, 0.1) is 23.7 Å². The SMILES string of the molecule is COC(=O)N[C@H](Cc1ccccc1)C(=O)NC(Cc1ccc(NS(=O)O)cc1)c1csc(-c2cccs2)n1. The Bertz CT molecular complexity index is 1360. The zero-order chi connectivity index (χ0) is 26.9. The summed E-state index contributed by atoms with van der Waals surface area (Å²) in [4.78, 5) is 31.4. The number of thiophene rings is 1. The predicted molar refractivity (Wildman–Crippen MR) is 150 cm³/mol. The molecule has 198 valence electrons. The molecule has 2 heterocycles. The van der Waals surface area contributed by atoms with Crippen molar-refractivity contribution in [1.29, 1.82) is 0 Å². The Hall–Kier alpha value is -3.58. The molecule has 2 unspecified atom stereocenters. The van der Waals surface area contributed by atoms with Gasteiger partial charge in [-0.05, 0) is 41.1 Å². The Balaban J connectivity index is 1.58. The molecule has 0 saturated carbocycles. The van der Waals surface area contributed by atoms with Gasteiger partial charge in [0.2, 0.25) is 5.91 Å². The van der Waals surface area contributed by atoms with E-state index in [1.54, 1.807) is 23.5 Å². The predicted octanol–water partition coefficient (Wildman–Crippen LogP) is 4.79. The minimum Gasteiger partial charge on any atom is -0.453 e. The second-order valence-electron chi connectivity index (χ2n) is 8.25. The molecule has 2 aromatic carbocycles. The molecule has 0 aliphatic carbocycles. The van der Waals surface area contributed by atoms with E-state index in [-0.39, 0.29) is 12.3 Å². The van der Waals surface area contributed by atoms with Gasteiger partial charge in [0.1, 0.15) is 11.0 Å². The van der Waals surface area contributed by atoms with Gasteiger partial charge in [0.25, 0.3) is 11.3 Å². The molecule has 12 heteroatoms. The van der Waals surface area contributed by atoms with Crippen LogP contribution in [0.1, 0.15) is 22.9 Å². The van der Waals surface area contributed by atoms with Crippen molar-refractivity contribution in [2.24, 2.45) is 0 Å². The largest absolute Gasteiger partial charge is 0.453 e. The lowest BCUT2D eigenvalue weighted by molar-refractivity contribution is -0.123. The number of aromatic nitrogens is 1. The number of thiazole rings is 1. The normalized spacial score (nSPS) is 13.2. The van der Waals surface area contributed by atoms with Gasteiger partial charge >= 0.3 is 6.09 Å². The quantitative estimate of drug-likeness (QED) is 0.192. The van der Waals surface area contributed by atoms with Crippen LogP contribution in [-0.2, 0) is 33.6 Å². The summed E-state index contributed by atoms with van der Waals surface area (Å²) in [5.74, 6) is -0.371. The maximum atomic E-state index is 13.5. The summed E-state index contributed by atoms with van der Waals surface area (Å²) >= 11 is 0.911.